The number of nitrogens with two attached hydrogens (primary N) is 1. The van der Waals surface area contributed by atoms with E-state index in [1.165, 1.54) is 0 Å². The first-order valence-electron chi connectivity index (χ1n) is 8.48. The van der Waals surface area contributed by atoms with Gasteiger partial charge in [-0.05, 0) is 43.0 Å². The zero-order valence-electron chi connectivity index (χ0n) is 14.0. The van der Waals surface area contributed by atoms with E-state index in [2.05, 4.69) is 5.32 Å². The predicted molar refractivity (Wildman–Crippen MR) is 95.5 cm³/mol. The standard InChI is InChI=1S/C20H22N2O3/c21-18(14-6-7-14)12-22-19(23)13-25-17-10-8-16(9-11-17)20(24)15-4-2-1-3-5-15/h1-5,8-11,14,18H,6-7,12-13,21H2,(H,22,23). The van der Waals surface area contributed by atoms with Crippen LogP contribution in [0.1, 0.15) is 28.8 Å². The van der Waals surface area contributed by atoms with Crippen molar-refractivity contribution >= 4 is 11.7 Å². The highest BCUT2D eigenvalue weighted by Crippen LogP contribution is 2.31. The van der Waals surface area contributed by atoms with E-state index in [0.29, 0.717) is 29.3 Å². The summed E-state index contributed by atoms with van der Waals surface area (Å²) >= 11 is 0. The predicted octanol–water partition coefficient (Wildman–Crippen LogP) is 2.15. The second-order valence-electron chi connectivity index (χ2n) is 6.31. The van der Waals surface area contributed by atoms with Crippen molar-refractivity contribution in [3.05, 3.63) is 65.7 Å². The number of amides is 1. The summed E-state index contributed by atoms with van der Waals surface area (Å²) in [7, 11) is 0. The maximum atomic E-state index is 12.3. The number of carbonyl (C=O) groups is 2. The van der Waals surface area contributed by atoms with Crippen molar-refractivity contribution in [3.8, 4) is 5.75 Å². The summed E-state index contributed by atoms with van der Waals surface area (Å²) in [5.74, 6) is 0.863. The summed E-state index contributed by atoms with van der Waals surface area (Å²) < 4.78 is 5.45. The molecule has 25 heavy (non-hydrogen) atoms. The molecular formula is C20H22N2O3. The first-order valence-corrected chi connectivity index (χ1v) is 8.48. The Hall–Kier alpha value is -2.66. The normalized spacial score (nSPS) is 14.6. The minimum atomic E-state index is -0.194. The van der Waals surface area contributed by atoms with Crippen LogP contribution in [0.5, 0.6) is 5.75 Å². The van der Waals surface area contributed by atoms with E-state index in [4.69, 9.17) is 10.5 Å². The van der Waals surface area contributed by atoms with Crippen LogP contribution in [0.15, 0.2) is 54.6 Å². The lowest BCUT2D eigenvalue weighted by Gasteiger charge is -2.12. The summed E-state index contributed by atoms with van der Waals surface area (Å²) in [5, 5.41) is 2.78. The minimum absolute atomic E-state index is 0.0345. The average molecular weight is 338 g/mol. The zero-order valence-corrected chi connectivity index (χ0v) is 14.0. The number of ketones is 1. The number of rotatable bonds is 8. The number of ether oxygens (including phenoxy) is 1. The maximum Gasteiger partial charge on any atom is 0.257 e. The minimum Gasteiger partial charge on any atom is -0.484 e. The van der Waals surface area contributed by atoms with E-state index in [-0.39, 0.29) is 24.3 Å². The highest BCUT2D eigenvalue weighted by Gasteiger charge is 2.28. The van der Waals surface area contributed by atoms with Crippen LogP contribution >= 0.6 is 0 Å². The van der Waals surface area contributed by atoms with Gasteiger partial charge in [-0.25, -0.2) is 0 Å². The van der Waals surface area contributed by atoms with Gasteiger partial charge < -0.3 is 15.8 Å². The first-order chi connectivity index (χ1) is 12.1. The maximum absolute atomic E-state index is 12.3. The molecule has 3 rings (SSSR count). The molecule has 1 saturated carbocycles. The average Bonchev–Trinajstić information content (AvgIpc) is 3.50. The second-order valence-corrected chi connectivity index (χ2v) is 6.31. The molecule has 1 unspecified atom stereocenters. The Morgan fingerprint density at radius 3 is 2.32 bits per heavy atom. The largest absolute Gasteiger partial charge is 0.484 e. The molecular weight excluding hydrogens is 316 g/mol. The molecule has 5 nitrogen and oxygen atoms in total. The first kappa shape index (κ1) is 17.2. The van der Waals surface area contributed by atoms with E-state index < -0.39 is 0 Å². The SMILES string of the molecule is NC(CNC(=O)COc1ccc(C(=O)c2ccccc2)cc1)C1CC1. The number of benzene rings is 2. The number of carbonyl (C=O) groups excluding carboxylic acids is 2. The highest BCUT2D eigenvalue weighted by atomic mass is 16.5. The highest BCUT2D eigenvalue weighted by molar-refractivity contribution is 6.08. The van der Waals surface area contributed by atoms with Gasteiger partial charge in [0.05, 0.1) is 0 Å². The zero-order chi connectivity index (χ0) is 17.6. The van der Waals surface area contributed by atoms with Crippen molar-refractivity contribution in [3.63, 3.8) is 0 Å². The van der Waals surface area contributed by atoms with Crippen LogP contribution in [0.4, 0.5) is 0 Å². The molecule has 0 bridgehead atoms. The van der Waals surface area contributed by atoms with Crippen molar-refractivity contribution in [2.24, 2.45) is 11.7 Å². The van der Waals surface area contributed by atoms with Crippen LogP contribution in [0.2, 0.25) is 0 Å². The molecule has 1 amide bonds. The van der Waals surface area contributed by atoms with Gasteiger partial charge in [0.2, 0.25) is 0 Å². The molecule has 0 heterocycles. The molecule has 2 aromatic carbocycles. The Kier molecular flexibility index (Phi) is 5.46. The van der Waals surface area contributed by atoms with Crippen LogP contribution in [0.25, 0.3) is 0 Å². The lowest BCUT2D eigenvalue weighted by atomic mass is 10.0. The Morgan fingerprint density at radius 2 is 1.68 bits per heavy atom. The Balaban J connectivity index is 1.47. The van der Waals surface area contributed by atoms with Crippen LogP contribution in [0, 0.1) is 5.92 Å². The quantitative estimate of drug-likeness (QED) is 0.723. The van der Waals surface area contributed by atoms with Gasteiger partial charge in [-0.3, -0.25) is 9.59 Å². The van der Waals surface area contributed by atoms with Crippen molar-refractivity contribution in [2.75, 3.05) is 13.2 Å². The molecule has 0 saturated heterocycles. The molecule has 130 valence electrons. The Morgan fingerprint density at radius 1 is 1.04 bits per heavy atom. The fourth-order valence-electron chi connectivity index (χ4n) is 2.58. The molecule has 0 radical (unpaired) electrons. The van der Waals surface area contributed by atoms with Crippen LogP contribution in [0.3, 0.4) is 0 Å². The fraction of sp³-hybridized carbons (Fsp3) is 0.300. The van der Waals surface area contributed by atoms with Crippen LogP contribution in [-0.4, -0.2) is 30.9 Å². The fourth-order valence-corrected chi connectivity index (χ4v) is 2.58. The molecule has 1 fully saturated rings. The van der Waals surface area contributed by atoms with E-state index in [1.54, 1.807) is 36.4 Å². The molecule has 0 aliphatic heterocycles. The lowest BCUT2D eigenvalue weighted by Crippen LogP contribution is -2.40. The van der Waals surface area contributed by atoms with Gasteiger partial charge in [0, 0.05) is 23.7 Å². The van der Waals surface area contributed by atoms with Crippen LogP contribution in [-0.2, 0) is 4.79 Å². The summed E-state index contributed by atoms with van der Waals surface area (Å²) in [5.41, 5.74) is 7.16. The topological polar surface area (TPSA) is 81.4 Å². The molecule has 0 spiro atoms. The van der Waals surface area contributed by atoms with Gasteiger partial charge >= 0.3 is 0 Å². The molecule has 3 N–H and O–H groups in total. The van der Waals surface area contributed by atoms with E-state index in [0.717, 1.165) is 12.8 Å². The molecule has 1 atom stereocenters. The summed E-state index contributed by atoms with van der Waals surface area (Å²) in [6.45, 7) is 0.417. The lowest BCUT2D eigenvalue weighted by molar-refractivity contribution is -0.123. The summed E-state index contributed by atoms with van der Waals surface area (Å²) in [4.78, 5) is 24.1. The van der Waals surface area contributed by atoms with Gasteiger partial charge in [-0.15, -0.1) is 0 Å². The van der Waals surface area contributed by atoms with E-state index >= 15 is 0 Å². The Labute approximate surface area is 147 Å². The van der Waals surface area contributed by atoms with Gasteiger partial charge in [-0.1, -0.05) is 30.3 Å². The van der Waals surface area contributed by atoms with Gasteiger partial charge in [0.15, 0.2) is 12.4 Å². The second kappa shape index (κ2) is 7.94. The molecule has 5 heteroatoms. The van der Waals surface area contributed by atoms with Crippen molar-refractivity contribution in [1.82, 2.24) is 5.32 Å². The van der Waals surface area contributed by atoms with Gasteiger partial charge in [-0.2, -0.15) is 0 Å². The van der Waals surface area contributed by atoms with Crippen molar-refractivity contribution < 1.29 is 14.3 Å². The molecule has 1 aliphatic carbocycles. The van der Waals surface area contributed by atoms with Crippen LogP contribution < -0.4 is 15.8 Å². The van der Waals surface area contributed by atoms with E-state index in [1.807, 2.05) is 18.2 Å². The third kappa shape index (κ3) is 4.90. The van der Waals surface area contributed by atoms with Crippen molar-refractivity contribution in [2.45, 2.75) is 18.9 Å². The molecule has 0 aromatic heterocycles. The third-order valence-corrected chi connectivity index (χ3v) is 4.28. The monoisotopic (exact) mass is 338 g/mol. The number of hydrogen-bond acceptors (Lipinski definition) is 4. The van der Waals surface area contributed by atoms with Gasteiger partial charge in [0.25, 0.3) is 5.91 Å². The Bertz CT molecular complexity index is 724. The molecule has 2 aromatic rings. The third-order valence-electron chi connectivity index (χ3n) is 4.28. The number of nitrogens with one attached hydrogen (secondary N) is 1. The van der Waals surface area contributed by atoms with E-state index in [9.17, 15) is 9.59 Å². The summed E-state index contributed by atoms with van der Waals surface area (Å²) in [6, 6.07) is 15.9. The number of hydrogen-bond donors (Lipinski definition) is 2. The van der Waals surface area contributed by atoms with Gasteiger partial charge in [0.1, 0.15) is 5.75 Å². The van der Waals surface area contributed by atoms with Crippen molar-refractivity contribution in [1.29, 1.82) is 0 Å². The molecule has 1 aliphatic rings. The summed E-state index contributed by atoms with van der Waals surface area (Å²) in [6.07, 6.45) is 2.31. The smallest absolute Gasteiger partial charge is 0.257 e.